The Hall–Kier alpha value is -2.17. The van der Waals surface area contributed by atoms with Crippen LogP contribution < -0.4 is 0 Å². The van der Waals surface area contributed by atoms with Crippen LogP contribution in [-0.4, -0.2) is 55.1 Å². The fourth-order valence-electron chi connectivity index (χ4n) is 3.87. The first kappa shape index (κ1) is 16.3. The van der Waals surface area contributed by atoms with Gasteiger partial charge in [0.1, 0.15) is 0 Å². The lowest BCUT2D eigenvalue weighted by atomic mass is 9.88. The number of nitrogens with zero attached hydrogens (tertiary/aromatic N) is 2. The van der Waals surface area contributed by atoms with Crippen molar-refractivity contribution in [3.05, 3.63) is 71.3 Å². The summed E-state index contributed by atoms with van der Waals surface area (Å²) in [7, 11) is 0. The number of hydrogen-bond donors (Lipinski definition) is 0. The highest BCUT2D eigenvalue weighted by Crippen LogP contribution is 2.35. The molecule has 2 heterocycles. The van der Waals surface area contributed by atoms with E-state index in [-0.39, 0.29) is 11.9 Å². The third-order valence-electron chi connectivity index (χ3n) is 5.18. The second-order valence-corrected chi connectivity index (χ2v) is 6.74. The molecule has 0 aliphatic carbocycles. The molecule has 4 rings (SSSR count). The fourth-order valence-corrected chi connectivity index (χ4v) is 3.87. The van der Waals surface area contributed by atoms with Gasteiger partial charge in [0, 0.05) is 19.6 Å². The van der Waals surface area contributed by atoms with Crippen molar-refractivity contribution in [1.82, 2.24) is 9.80 Å². The number of morpholine rings is 1. The first-order chi connectivity index (χ1) is 12.3. The Kier molecular flexibility index (Phi) is 4.81. The first-order valence-corrected chi connectivity index (χ1v) is 9.05. The van der Waals surface area contributed by atoms with Crippen LogP contribution in [0.5, 0.6) is 0 Å². The van der Waals surface area contributed by atoms with E-state index in [1.807, 2.05) is 6.07 Å². The molecule has 25 heavy (non-hydrogen) atoms. The van der Waals surface area contributed by atoms with E-state index < -0.39 is 0 Å². The Morgan fingerprint density at radius 3 is 2.48 bits per heavy atom. The molecule has 4 nitrogen and oxygen atoms in total. The zero-order valence-corrected chi connectivity index (χ0v) is 14.4. The highest BCUT2D eigenvalue weighted by atomic mass is 16.5. The molecule has 2 aliphatic rings. The van der Waals surface area contributed by atoms with Crippen LogP contribution in [0.1, 0.15) is 22.7 Å². The van der Waals surface area contributed by atoms with E-state index in [9.17, 15) is 4.79 Å². The molecule has 0 aromatic heterocycles. The molecule has 1 saturated heterocycles. The van der Waals surface area contributed by atoms with Gasteiger partial charge in [0.15, 0.2) is 0 Å². The third kappa shape index (κ3) is 3.46. The summed E-state index contributed by atoms with van der Waals surface area (Å²) in [5.74, 6) is 0.213. The Morgan fingerprint density at radius 2 is 1.68 bits per heavy atom. The maximum atomic E-state index is 13.1. The number of hydrogen-bond acceptors (Lipinski definition) is 3. The Bertz CT molecular complexity index is 726. The molecular formula is C21H24N2O2. The molecule has 4 heteroatoms. The molecule has 0 saturated carbocycles. The van der Waals surface area contributed by atoms with Crippen LogP contribution in [0.15, 0.2) is 54.6 Å². The summed E-state index contributed by atoms with van der Waals surface area (Å²) in [6.45, 7) is 4.38. The van der Waals surface area contributed by atoms with Crippen LogP contribution in [-0.2, 0) is 16.0 Å². The summed E-state index contributed by atoms with van der Waals surface area (Å²) in [4.78, 5) is 17.4. The predicted octanol–water partition coefficient (Wildman–Crippen LogP) is 2.49. The highest BCUT2D eigenvalue weighted by molar-refractivity contribution is 5.79. The number of carbonyl (C=O) groups excluding carboxylic acids is 1. The second kappa shape index (κ2) is 7.38. The largest absolute Gasteiger partial charge is 0.379 e. The van der Waals surface area contributed by atoms with Gasteiger partial charge in [0.05, 0.1) is 25.8 Å². The highest BCUT2D eigenvalue weighted by Gasteiger charge is 2.32. The maximum Gasteiger partial charge on any atom is 0.237 e. The first-order valence-electron chi connectivity index (χ1n) is 9.05. The Labute approximate surface area is 149 Å². The fraction of sp³-hybridized carbons (Fsp3) is 0.381. The van der Waals surface area contributed by atoms with Crippen LogP contribution >= 0.6 is 0 Å². The molecule has 0 spiro atoms. The summed E-state index contributed by atoms with van der Waals surface area (Å²) < 4.78 is 5.40. The van der Waals surface area contributed by atoms with Crippen molar-refractivity contribution in [2.75, 3.05) is 39.4 Å². The molecule has 0 bridgehead atoms. The Morgan fingerprint density at radius 1 is 0.960 bits per heavy atom. The van der Waals surface area contributed by atoms with Gasteiger partial charge in [-0.2, -0.15) is 0 Å². The molecule has 1 atom stereocenters. The number of benzene rings is 2. The molecule has 1 unspecified atom stereocenters. The standard InChI is InChI=1S/C21H24N2O2/c24-20(16-22-12-14-25-15-13-22)23-11-10-17-6-4-5-9-19(17)21(23)18-7-2-1-3-8-18/h1-9,21H,10-16H2. The van der Waals surface area contributed by atoms with Gasteiger partial charge in [0.25, 0.3) is 0 Å². The molecular weight excluding hydrogens is 312 g/mol. The molecule has 130 valence electrons. The smallest absolute Gasteiger partial charge is 0.237 e. The van der Waals surface area contributed by atoms with Gasteiger partial charge in [-0.15, -0.1) is 0 Å². The van der Waals surface area contributed by atoms with Crippen molar-refractivity contribution in [3.8, 4) is 0 Å². The van der Waals surface area contributed by atoms with Crippen LogP contribution in [0, 0.1) is 0 Å². The van der Waals surface area contributed by atoms with E-state index in [1.54, 1.807) is 0 Å². The van der Waals surface area contributed by atoms with Gasteiger partial charge in [-0.1, -0.05) is 54.6 Å². The molecule has 0 radical (unpaired) electrons. The average molecular weight is 336 g/mol. The van der Waals surface area contributed by atoms with Crippen LogP contribution in [0.2, 0.25) is 0 Å². The van der Waals surface area contributed by atoms with Gasteiger partial charge in [0.2, 0.25) is 5.91 Å². The SMILES string of the molecule is O=C(CN1CCOCC1)N1CCc2ccccc2C1c1ccccc1. The number of ether oxygens (including phenoxy) is 1. The lowest BCUT2D eigenvalue weighted by molar-refractivity contribution is -0.135. The number of fused-ring (bicyclic) bond motifs is 1. The minimum absolute atomic E-state index is 0.0136. The van der Waals surface area contributed by atoms with Gasteiger partial charge < -0.3 is 9.64 Å². The van der Waals surface area contributed by atoms with Crippen LogP contribution in [0.3, 0.4) is 0 Å². The van der Waals surface area contributed by atoms with Crippen molar-refractivity contribution < 1.29 is 9.53 Å². The van der Waals surface area contributed by atoms with E-state index >= 15 is 0 Å². The van der Waals surface area contributed by atoms with Crippen molar-refractivity contribution >= 4 is 5.91 Å². The monoisotopic (exact) mass is 336 g/mol. The van der Waals surface area contributed by atoms with Gasteiger partial charge >= 0.3 is 0 Å². The molecule has 2 aromatic carbocycles. The van der Waals surface area contributed by atoms with Crippen LogP contribution in [0.25, 0.3) is 0 Å². The maximum absolute atomic E-state index is 13.1. The minimum atomic E-state index is 0.0136. The van der Waals surface area contributed by atoms with Crippen molar-refractivity contribution in [2.45, 2.75) is 12.5 Å². The summed E-state index contributed by atoms with van der Waals surface area (Å²) in [6, 6.07) is 18.9. The topological polar surface area (TPSA) is 32.8 Å². The third-order valence-corrected chi connectivity index (χ3v) is 5.18. The second-order valence-electron chi connectivity index (χ2n) is 6.74. The van der Waals surface area contributed by atoms with Crippen molar-refractivity contribution in [2.24, 2.45) is 0 Å². The zero-order valence-electron chi connectivity index (χ0n) is 14.4. The molecule has 2 aliphatic heterocycles. The number of rotatable bonds is 3. The van der Waals surface area contributed by atoms with Gasteiger partial charge in [-0.3, -0.25) is 9.69 Å². The van der Waals surface area contributed by atoms with E-state index in [2.05, 4.69) is 58.3 Å². The number of amides is 1. The van der Waals surface area contributed by atoms with E-state index in [0.29, 0.717) is 6.54 Å². The Balaban J connectivity index is 1.63. The quantitative estimate of drug-likeness (QED) is 0.863. The summed E-state index contributed by atoms with van der Waals surface area (Å²) in [5.41, 5.74) is 3.80. The summed E-state index contributed by atoms with van der Waals surface area (Å²) in [6.07, 6.45) is 0.925. The lowest BCUT2D eigenvalue weighted by Gasteiger charge is -2.39. The van der Waals surface area contributed by atoms with Crippen LogP contribution in [0.4, 0.5) is 0 Å². The molecule has 1 fully saturated rings. The van der Waals surface area contributed by atoms with Gasteiger partial charge in [-0.05, 0) is 23.1 Å². The van der Waals surface area contributed by atoms with E-state index in [4.69, 9.17) is 4.74 Å². The lowest BCUT2D eigenvalue weighted by Crippen LogP contribution is -2.48. The average Bonchev–Trinajstić information content (AvgIpc) is 2.68. The molecule has 0 N–H and O–H groups in total. The molecule has 2 aromatic rings. The van der Waals surface area contributed by atoms with E-state index in [1.165, 1.54) is 16.7 Å². The van der Waals surface area contributed by atoms with E-state index in [0.717, 1.165) is 39.3 Å². The van der Waals surface area contributed by atoms with Gasteiger partial charge in [-0.25, -0.2) is 0 Å². The normalized spacial score (nSPS) is 21.0. The molecule has 1 amide bonds. The predicted molar refractivity (Wildman–Crippen MR) is 97.4 cm³/mol. The van der Waals surface area contributed by atoms with Crippen molar-refractivity contribution in [1.29, 1.82) is 0 Å². The minimum Gasteiger partial charge on any atom is -0.379 e. The zero-order chi connectivity index (χ0) is 17.1. The van der Waals surface area contributed by atoms with Crippen molar-refractivity contribution in [3.63, 3.8) is 0 Å². The summed E-state index contributed by atoms with van der Waals surface area (Å²) in [5, 5.41) is 0. The number of carbonyl (C=O) groups is 1. The summed E-state index contributed by atoms with van der Waals surface area (Å²) >= 11 is 0.